The van der Waals surface area contributed by atoms with Crippen molar-refractivity contribution in [2.24, 2.45) is 11.8 Å². The molecule has 0 aliphatic carbocycles. The van der Waals surface area contributed by atoms with Gasteiger partial charge in [0.1, 0.15) is 0 Å². The Morgan fingerprint density at radius 1 is 1.06 bits per heavy atom. The fourth-order valence-corrected chi connectivity index (χ4v) is 3.07. The molecule has 1 fully saturated rings. The number of carbonyl (C=O) groups excluding carboxylic acids is 1. The average molecular weight is 253 g/mol. The molecule has 1 amide bonds. The first-order valence-electron chi connectivity index (χ1n) is 8.04. The van der Waals surface area contributed by atoms with Gasteiger partial charge in [0.25, 0.3) is 0 Å². The highest BCUT2D eigenvalue weighted by Gasteiger charge is 2.28. The van der Waals surface area contributed by atoms with Crippen LogP contribution in [0.1, 0.15) is 78.1 Å². The molecule has 2 heteroatoms. The van der Waals surface area contributed by atoms with Gasteiger partial charge in [-0.05, 0) is 11.8 Å². The van der Waals surface area contributed by atoms with E-state index >= 15 is 0 Å². The average Bonchev–Trinajstić information content (AvgIpc) is 2.79. The molecule has 2 atom stereocenters. The Kier molecular flexibility index (Phi) is 8.11. The van der Waals surface area contributed by atoms with Crippen LogP contribution in [0.25, 0.3) is 0 Å². The molecular formula is C16H31NO. The van der Waals surface area contributed by atoms with E-state index in [1.165, 1.54) is 57.8 Å². The van der Waals surface area contributed by atoms with Crippen LogP contribution in [-0.2, 0) is 4.79 Å². The summed E-state index contributed by atoms with van der Waals surface area (Å²) in [6, 6.07) is 0. The molecule has 0 saturated carbocycles. The van der Waals surface area contributed by atoms with Crippen LogP contribution >= 0.6 is 0 Å². The monoisotopic (exact) mass is 253 g/mol. The van der Waals surface area contributed by atoms with E-state index in [1.54, 1.807) is 0 Å². The van der Waals surface area contributed by atoms with Gasteiger partial charge in [-0.3, -0.25) is 4.79 Å². The van der Waals surface area contributed by atoms with Crippen molar-refractivity contribution in [3.8, 4) is 0 Å². The standard InChI is InChI=1S/C16H31NO/c1-3-5-7-9-11-14(10-8-6-4-2)15-12-16(18)17-13-15/h14-15H,3-13H2,1-2H3,(H,17,18). The predicted octanol–water partition coefficient (Wildman–Crippen LogP) is 4.29. The van der Waals surface area contributed by atoms with Crippen LogP contribution < -0.4 is 5.32 Å². The molecule has 0 spiro atoms. The molecule has 1 aliphatic rings. The summed E-state index contributed by atoms with van der Waals surface area (Å²) in [5.74, 6) is 1.68. The van der Waals surface area contributed by atoms with Gasteiger partial charge in [0.2, 0.25) is 5.91 Å². The number of rotatable bonds is 10. The first-order chi connectivity index (χ1) is 8.77. The van der Waals surface area contributed by atoms with E-state index in [1.807, 2.05) is 0 Å². The highest BCUT2D eigenvalue weighted by molar-refractivity contribution is 5.78. The first kappa shape index (κ1) is 15.5. The minimum atomic E-state index is 0.272. The smallest absolute Gasteiger partial charge is 0.220 e. The van der Waals surface area contributed by atoms with Gasteiger partial charge < -0.3 is 5.32 Å². The number of nitrogens with one attached hydrogen (secondary N) is 1. The molecule has 18 heavy (non-hydrogen) atoms. The molecule has 1 heterocycles. The van der Waals surface area contributed by atoms with Crippen LogP contribution in [0, 0.1) is 11.8 Å². The second-order valence-corrected chi connectivity index (χ2v) is 5.87. The molecule has 2 unspecified atom stereocenters. The Morgan fingerprint density at radius 2 is 1.67 bits per heavy atom. The van der Waals surface area contributed by atoms with Gasteiger partial charge in [-0.2, -0.15) is 0 Å². The second kappa shape index (κ2) is 9.41. The molecule has 1 rings (SSSR count). The largest absolute Gasteiger partial charge is 0.356 e. The van der Waals surface area contributed by atoms with Crippen LogP contribution in [0.2, 0.25) is 0 Å². The van der Waals surface area contributed by atoms with Gasteiger partial charge in [-0.15, -0.1) is 0 Å². The van der Waals surface area contributed by atoms with Crippen molar-refractivity contribution in [1.82, 2.24) is 5.32 Å². The van der Waals surface area contributed by atoms with Crippen LogP contribution in [0.5, 0.6) is 0 Å². The molecule has 1 aliphatic heterocycles. The SMILES string of the molecule is CCCCCCC(CCCCC)C1CNC(=O)C1. The van der Waals surface area contributed by atoms with E-state index in [-0.39, 0.29) is 5.91 Å². The van der Waals surface area contributed by atoms with Crippen LogP contribution in [0.4, 0.5) is 0 Å². The van der Waals surface area contributed by atoms with Gasteiger partial charge in [0.05, 0.1) is 0 Å². The number of unbranched alkanes of at least 4 members (excludes halogenated alkanes) is 5. The normalized spacial score (nSPS) is 21.0. The van der Waals surface area contributed by atoms with Crippen molar-refractivity contribution in [2.45, 2.75) is 78.1 Å². The third kappa shape index (κ3) is 5.88. The van der Waals surface area contributed by atoms with E-state index in [9.17, 15) is 4.79 Å². The Labute approximate surface area is 113 Å². The summed E-state index contributed by atoms with van der Waals surface area (Å²) in [4.78, 5) is 11.4. The topological polar surface area (TPSA) is 29.1 Å². The van der Waals surface area contributed by atoms with Gasteiger partial charge >= 0.3 is 0 Å². The molecule has 106 valence electrons. The van der Waals surface area contributed by atoms with Crippen molar-refractivity contribution < 1.29 is 4.79 Å². The van der Waals surface area contributed by atoms with E-state index < -0.39 is 0 Å². The number of hydrogen-bond donors (Lipinski definition) is 1. The van der Waals surface area contributed by atoms with Gasteiger partial charge in [-0.25, -0.2) is 0 Å². The molecule has 0 bridgehead atoms. The van der Waals surface area contributed by atoms with Crippen molar-refractivity contribution in [2.75, 3.05) is 6.54 Å². The minimum Gasteiger partial charge on any atom is -0.356 e. The summed E-state index contributed by atoms with van der Waals surface area (Å²) in [5.41, 5.74) is 0. The van der Waals surface area contributed by atoms with E-state index in [0.29, 0.717) is 5.92 Å². The lowest BCUT2D eigenvalue weighted by Crippen LogP contribution is -2.18. The van der Waals surface area contributed by atoms with Crippen LogP contribution in [0.15, 0.2) is 0 Å². The highest BCUT2D eigenvalue weighted by Crippen LogP contribution is 2.29. The molecule has 0 aromatic carbocycles. The lowest BCUT2D eigenvalue weighted by atomic mass is 9.83. The summed E-state index contributed by atoms with van der Waals surface area (Å²) in [5, 5.41) is 3.00. The van der Waals surface area contributed by atoms with E-state index in [4.69, 9.17) is 0 Å². The maximum Gasteiger partial charge on any atom is 0.220 e. The van der Waals surface area contributed by atoms with Crippen molar-refractivity contribution >= 4 is 5.91 Å². The summed E-state index contributed by atoms with van der Waals surface area (Å²) in [6.45, 7) is 5.46. The third-order valence-corrected chi connectivity index (χ3v) is 4.28. The molecule has 0 radical (unpaired) electrons. The Bertz CT molecular complexity index is 227. The minimum absolute atomic E-state index is 0.272. The Morgan fingerprint density at radius 3 is 2.22 bits per heavy atom. The molecule has 1 saturated heterocycles. The maximum atomic E-state index is 11.4. The lowest BCUT2D eigenvalue weighted by Gasteiger charge is -2.22. The zero-order valence-corrected chi connectivity index (χ0v) is 12.3. The van der Waals surface area contributed by atoms with E-state index in [2.05, 4.69) is 19.2 Å². The second-order valence-electron chi connectivity index (χ2n) is 5.87. The Balaban J connectivity index is 2.29. The zero-order valence-electron chi connectivity index (χ0n) is 12.3. The maximum absolute atomic E-state index is 11.4. The van der Waals surface area contributed by atoms with E-state index in [0.717, 1.165) is 18.9 Å². The fraction of sp³-hybridized carbons (Fsp3) is 0.938. The highest BCUT2D eigenvalue weighted by atomic mass is 16.1. The Hall–Kier alpha value is -0.530. The number of carbonyl (C=O) groups is 1. The van der Waals surface area contributed by atoms with Crippen molar-refractivity contribution in [3.05, 3.63) is 0 Å². The van der Waals surface area contributed by atoms with Gasteiger partial charge in [-0.1, -0.05) is 71.6 Å². The van der Waals surface area contributed by atoms with Crippen molar-refractivity contribution in [3.63, 3.8) is 0 Å². The summed E-state index contributed by atoms with van der Waals surface area (Å²) in [6.07, 6.45) is 12.8. The lowest BCUT2D eigenvalue weighted by molar-refractivity contribution is -0.119. The fourth-order valence-electron chi connectivity index (χ4n) is 3.07. The quantitative estimate of drug-likeness (QED) is 0.578. The van der Waals surface area contributed by atoms with Gasteiger partial charge in [0, 0.05) is 13.0 Å². The summed E-state index contributed by atoms with van der Waals surface area (Å²) < 4.78 is 0. The number of amides is 1. The first-order valence-corrected chi connectivity index (χ1v) is 8.04. The number of hydrogen-bond acceptors (Lipinski definition) is 1. The predicted molar refractivity (Wildman–Crippen MR) is 77.5 cm³/mol. The molecule has 1 N–H and O–H groups in total. The molecule has 2 nitrogen and oxygen atoms in total. The molecular weight excluding hydrogens is 222 g/mol. The third-order valence-electron chi connectivity index (χ3n) is 4.28. The summed E-state index contributed by atoms with van der Waals surface area (Å²) in [7, 11) is 0. The van der Waals surface area contributed by atoms with Crippen LogP contribution in [-0.4, -0.2) is 12.5 Å². The zero-order chi connectivity index (χ0) is 13.2. The van der Waals surface area contributed by atoms with Gasteiger partial charge in [0.15, 0.2) is 0 Å². The summed E-state index contributed by atoms with van der Waals surface area (Å²) >= 11 is 0. The van der Waals surface area contributed by atoms with Crippen molar-refractivity contribution in [1.29, 1.82) is 0 Å². The molecule has 0 aromatic heterocycles. The molecule has 0 aromatic rings. The van der Waals surface area contributed by atoms with Crippen LogP contribution in [0.3, 0.4) is 0 Å².